The minimum absolute atomic E-state index is 0.0400. The highest BCUT2D eigenvalue weighted by Crippen LogP contribution is 2.50. The smallest absolute Gasteiger partial charge is 0.369 e. The van der Waals surface area contributed by atoms with Crippen LogP contribution < -0.4 is 10.6 Å². The summed E-state index contributed by atoms with van der Waals surface area (Å²) in [7, 11) is 0. The Labute approximate surface area is 233 Å². The second-order valence-electron chi connectivity index (χ2n) is 9.35. The second kappa shape index (κ2) is 11.9. The summed E-state index contributed by atoms with van der Waals surface area (Å²) < 4.78 is 93.2. The third-order valence-electron chi connectivity index (χ3n) is 6.54. The summed E-state index contributed by atoms with van der Waals surface area (Å²) in [5, 5.41) is 21.5. The summed E-state index contributed by atoms with van der Waals surface area (Å²) in [6, 6.07) is 9.14. The molecule has 3 aromatic rings. The molecule has 1 aromatic heterocycles. The molecular formula is C26H23F7N6O3. The molecule has 1 aliphatic rings. The van der Waals surface area contributed by atoms with Crippen LogP contribution in [0, 0.1) is 5.82 Å². The van der Waals surface area contributed by atoms with E-state index in [0.29, 0.717) is 30.8 Å². The van der Waals surface area contributed by atoms with E-state index in [2.05, 4.69) is 20.8 Å². The maximum atomic E-state index is 14.6. The highest BCUT2D eigenvalue weighted by Gasteiger charge is 2.71. The number of hydrogen-bond donors (Lipinski definition) is 3. The quantitative estimate of drug-likeness (QED) is 0.359. The Balaban J connectivity index is 1.32. The number of benzene rings is 2. The number of nitrogens with zero attached hydrogens (tertiary/aromatic N) is 4. The fourth-order valence-electron chi connectivity index (χ4n) is 4.28. The van der Waals surface area contributed by atoms with E-state index < -0.39 is 41.3 Å². The molecule has 3 N–H and O–H groups in total. The summed E-state index contributed by atoms with van der Waals surface area (Å²) in [6.45, 7) is 1.27. The van der Waals surface area contributed by atoms with Gasteiger partial charge in [-0.15, -0.1) is 5.10 Å². The number of hydrogen-bond acceptors (Lipinski definition) is 6. The Morgan fingerprint density at radius 3 is 2.07 bits per heavy atom. The average molecular weight is 600 g/mol. The van der Waals surface area contributed by atoms with Crippen molar-refractivity contribution in [1.29, 1.82) is 0 Å². The molecule has 224 valence electrons. The molecule has 2 aromatic carbocycles. The molecule has 1 saturated heterocycles. The molecule has 0 radical (unpaired) electrons. The van der Waals surface area contributed by atoms with E-state index in [-0.39, 0.29) is 36.7 Å². The van der Waals surface area contributed by atoms with Gasteiger partial charge in [-0.05, 0) is 35.9 Å². The lowest BCUT2D eigenvalue weighted by molar-refractivity contribution is -0.376. The fourth-order valence-corrected chi connectivity index (χ4v) is 4.28. The molecule has 0 saturated carbocycles. The van der Waals surface area contributed by atoms with Crippen LogP contribution in [0.4, 0.5) is 47.0 Å². The molecule has 0 unspecified atom stereocenters. The van der Waals surface area contributed by atoms with Crippen LogP contribution in [0.2, 0.25) is 0 Å². The Morgan fingerprint density at radius 1 is 0.881 bits per heavy atom. The molecule has 16 heteroatoms. The van der Waals surface area contributed by atoms with E-state index in [1.807, 2.05) is 4.90 Å². The molecule has 1 aliphatic heterocycles. The van der Waals surface area contributed by atoms with Crippen LogP contribution in [0.15, 0.2) is 60.8 Å². The van der Waals surface area contributed by atoms with Crippen LogP contribution in [0.3, 0.4) is 0 Å². The largest absolute Gasteiger partial charge is 0.430 e. The standard InChI is InChI=1S/C26H23F7N6O3/c27-19-14-17(5-8-20(19)35-23(41)36-21-2-1-9-34-37-21)22(40)39-12-10-38(11-13-39)15-16-3-6-18(7-4-16)24(42,25(28,29)30)26(31,32)33/h1-9,14,42H,10-13,15H2,(H2,35,36,37,41). The van der Waals surface area contributed by atoms with E-state index in [4.69, 9.17) is 0 Å². The van der Waals surface area contributed by atoms with Crippen molar-refractivity contribution in [2.24, 2.45) is 0 Å². The van der Waals surface area contributed by atoms with Crippen molar-refractivity contribution in [3.63, 3.8) is 0 Å². The number of carbonyl (C=O) groups excluding carboxylic acids is 2. The second-order valence-corrected chi connectivity index (χ2v) is 9.35. The first-order valence-corrected chi connectivity index (χ1v) is 12.3. The monoisotopic (exact) mass is 600 g/mol. The number of anilines is 2. The SMILES string of the molecule is O=C(Nc1cccnn1)Nc1ccc(C(=O)N2CCN(Cc3ccc(C(O)(C(F)(F)F)C(F)(F)F)cc3)CC2)cc1F. The van der Waals surface area contributed by atoms with Crippen molar-refractivity contribution >= 4 is 23.4 Å². The molecule has 42 heavy (non-hydrogen) atoms. The Bertz CT molecular complexity index is 1400. The number of nitrogens with one attached hydrogen (secondary N) is 2. The van der Waals surface area contributed by atoms with Crippen LogP contribution in [-0.4, -0.2) is 75.6 Å². The van der Waals surface area contributed by atoms with Gasteiger partial charge in [0.2, 0.25) is 0 Å². The van der Waals surface area contributed by atoms with E-state index in [1.165, 1.54) is 29.3 Å². The summed E-state index contributed by atoms with van der Waals surface area (Å²) in [4.78, 5) is 28.3. The molecule has 9 nitrogen and oxygen atoms in total. The van der Waals surface area contributed by atoms with E-state index >= 15 is 0 Å². The van der Waals surface area contributed by atoms with Crippen molar-refractivity contribution in [2.75, 3.05) is 36.8 Å². The number of aliphatic hydroxyl groups is 1. The highest BCUT2D eigenvalue weighted by molar-refractivity contribution is 6.00. The van der Waals surface area contributed by atoms with Crippen LogP contribution in [0.5, 0.6) is 0 Å². The van der Waals surface area contributed by atoms with Gasteiger partial charge in [0, 0.05) is 50.0 Å². The number of amides is 3. The maximum Gasteiger partial charge on any atom is 0.430 e. The summed E-state index contributed by atoms with van der Waals surface area (Å²) in [6.07, 6.45) is -10.5. The first-order valence-electron chi connectivity index (χ1n) is 12.3. The Morgan fingerprint density at radius 2 is 1.52 bits per heavy atom. The molecule has 0 spiro atoms. The maximum absolute atomic E-state index is 14.6. The lowest BCUT2D eigenvalue weighted by Crippen LogP contribution is -2.53. The first-order chi connectivity index (χ1) is 19.7. The van der Waals surface area contributed by atoms with Gasteiger partial charge in [0.15, 0.2) is 5.82 Å². The summed E-state index contributed by atoms with van der Waals surface area (Å²) in [5.41, 5.74) is -6.08. The fraction of sp³-hybridized carbons (Fsp3) is 0.308. The number of alkyl halides is 6. The van der Waals surface area contributed by atoms with Crippen LogP contribution in [0.25, 0.3) is 0 Å². The molecule has 0 aliphatic carbocycles. The molecule has 4 rings (SSSR count). The van der Waals surface area contributed by atoms with Crippen molar-refractivity contribution in [1.82, 2.24) is 20.0 Å². The van der Waals surface area contributed by atoms with Crippen molar-refractivity contribution in [3.8, 4) is 0 Å². The van der Waals surface area contributed by atoms with Crippen LogP contribution in [0.1, 0.15) is 21.5 Å². The van der Waals surface area contributed by atoms with Crippen molar-refractivity contribution < 1.29 is 45.4 Å². The van der Waals surface area contributed by atoms with E-state index in [1.54, 1.807) is 6.07 Å². The van der Waals surface area contributed by atoms with E-state index in [9.17, 15) is 45.4 Å². The van der Waals surface area contributed by atoms with Crippen LogP contribution in [-0.2, 0) is 12.1 Å². The molecule has 3 amide bonds. The highest BCUT2D eigenvalue weighted by atomic mass is 19.4. The zero-order chi connectivity index (χ0) is 30.7. The summed E-state index contributed by atoms with van der Waals surface area (Å²) in [5.74, 6) is -1.17. The average Bonchev–Trinajstić information content (AvgIpc) is 2.93. The summed E-state index contributed by atoms with van der Waals surface area (Å²) >= 11 is 0. The third kappa shape index (κ3) is 6.60. The number of aromatic nitrogens is 2. The van der Waals surface area contributed by atoms with Gasteiger partial charge < -0.3 is 15.3 Å². The Kier molecular flexibility index (Phi) is 8.68. The molecule has 0 bridgehead atoms. The van der Waals surface area contributed by atoms with Gasteiger partial charge in [0.05, 0.1) is 5.69 Å². The van der Waals surface area contributed by atoms with Gasteiger partial charge in [0.1, 0.15) is 5.82 Å². The molecular weight excluding hydrogens is 577 g/mol. The predicted octanol–water partition coefficient (Wildman–Crippen LogP) is 4.53. The number of rotatable bonds is 6. The van der Waals surface area contributed by atoms with Crippen LogP contribution >= 0.6 is 0 Å². The number of halogens is 7. The topological polar surface area (TPSA) is 111 Å². The van der Waals surface area contributed by atoms with Gasteiger partial charge >= 0.3 is 18.4 Å². The minimum atomic E-state index is -5.97. The van der Waals surface area contributed by atoms with Crippen molar-refractivity contribution in [2.45, 2.75) is 24.5 Å². The third-order valence-corrected chi connectivity index (χ3v) is 6.54. The number of carbonyl (C=O) groups is 2. The molecule has 0 atom stereocenters. The zero-order valence-corrected chi connectivity index (χ0v) is 21.5. The first kappa shape index (κ1) is 30.6. The van der Waals surface area contributed by atoms with Gasteiger partial charge in [-0.3, -0.25) is 15.0 Å². The normalized spacial score (nSPS) is 14.9. The minimum Gasteiger partial charge on any atom is -0.369 e. The van der Waals surface area contributed by atoms with Gasteiger partial charge in [-0.25, -0.2) is 9.18 Å². The molecule has 1 fully saturated rings. The van der Waals surface area contributed by atoms with Crippen molar-refractivity contribution in [3.05, 3.63) is 83.3 Å². The zero-order valence-electron chi connectivity index (χ0n) is 21.5. The number of urea groups is 1. The number of piperazine rings is 1. The van der Waals surface area contributed by atoms with E-state index in [0.717, 1.165) is 18.2 Å². The predicted molar refractivity (Wildman–Crippen MR) is 135 cm³/mol. The lowest BCUT2D eigenvalue weighted by atomic mass is 9.91. The molecule has 2 heterocycles. The van der Waals surface area contributed by atoms with Gasteiger partial charge in [0.25, 0.3) is 11.5 Å². The lowest BCUT2D eigenvalue weighted by Gasteiger charge is -2.35. The van der Waals surface area contributed by atoms with Gasteiger partial charge in [-0.1, -0.05) is 24.3 Å². The van der Waals surface area contributed by atoms with Gasteiger partial charge in [-0.2, -0.15) is 31.4 Å². The Hall–Kier alpha value is -4.31.